The molecule has 6 nitrogen and oxygen atoms in total. The Balaban J connectivity index is 1.57. The Kier molecular flexibility index (Phi) is 7.12. The van der Waals surface area contributed by atoms with E-state index < -0.39 is 5.25 Å². The van der Waals surface area contributed by atoms with Crippen LogP contribution in [0, 0.1) is 27.7 Å². The fourth-order valence-corrected chi connectivity index (χ4v) is 4.83. The van der Waals surface area contributed by atoms with Crippen LogP contribution in [0.3, 0.4) is 0 Å². The van der Waals surface area contributed by atoms with Crippen molar-refractivity contribution in [3.8, 4) is 0 Å². The first-order valence-electron chi connectivity index (χ1n) is 11.2. The molecule has 0 radical (unpaired) electrons. The second-order valence-electron chi connectivity index (χ2n) is 8.59. The Labute approximate surface area is 204 Å². The van der Waals surface area contributed by atoms with Crippen LogP contribution in [0.15, 0.2) is 65.8 Å². The number of aromatic nitrogens is 1. The van der Waals surface area contributed by atoms with Crippen molar-refractivity contribution in [1.82, 2.24) is 9.88 Å². The molecule has 1 saturated heterocycles. The minimum atomic E-state index is -0.542. The lowest BCUT2D eigenvalue weighted by molar-refractivity contribution is -0.128. The fourth-order valence-electron chi connectivity index (χ4n) is 3.67. The number of hydrogen-bond donors (Lipinski definition) is 1. The molecule has 174 valence electrons. The summed E-state index contributed by atoms with van der Waals surface area (Å²) < 4.78 is 0. The van der Waals surface area contributed by atoms with Gasteiger partial charge in [-0.1, -0.05) is 36.0 Å². The van der Waals surface area contributed by atoms with Gasteiger partial charge in [-0.05, 0) is 80.3 Å². The maximum Gasteiger partial charge on any atom is 0.243 e. The molecule has 3 aromatic rings. The summed E-state index contributed by atoms with van der Waals surface area (Å²) in [5, 5.41) is 3.01. The van der Waals surface area contributed by atoms with Crippen LogP contribution in [-0.4, -0.2) is 32.1 Å². The van der Waals surface area contributed by atoms with Crippen molar-refractivity contribution in [2.45, 2.75) is 45.9 Å². The van der Waals surface area contributed by atoms with Crippen molar-refractivity contribution in [3.63, 3.8) is 0 Å². The molecule has 7 heteroatoms. The average molecular weight is 473 g/mol. The van der Waals surface area contributed by atoms with Crippen molar-refractivity contribution in [2.24, 2.45) is 4.99 Å². The number of pyridine rings is 1. The van der Waals surface area contributed by atoms with E-state index in [-0.39, 0.29) is 18.2 Å². The monoisotopic (exact) mass is 472 g/mol. The lowest BCUT2D eigenvalue weighted by atomic mass is 10.1. The SMILES string of the molecule is Cc1ccc(C)c(NC(=O)CC2SC(=Nc3ccc(C)c(C)c3)N(Cc3ccccn3)C2=O)c1. The topological polar surface area (TPSA) is 74.7 Å². The minimum absolute atomic E-state index is 0.0710. The highest BCUT2D eigenvalue weighted by Crippen LogP contribution is 2.33. The molecule has 1 N–H and O–H groups in total. The highest BCUT2D eigenvalue weighted by Gasteiger charge is 2.39. The van der Waals surface area contributed by atoms with Crippen molar-refractivity contribution in [3.05, 3.63) is 88.7 Å². The van der Waals surface area contributed by atoms with Gasteiger partial charge in [-0.3, -0.25) is 19.5 Å². The molecule has 1 aromatic heterocycles. The number of thioether (sulfide) groups is 1. The summed E-state index contributed by atoms with van der Waals surface area (Å²) >= 11 is 1.34. The Morgan fingerprint density at radius 2 is 1.82 bits per heavy atom. The second kappa shape index (κ2) is 10.2. The predicted molar refractivity (Wildman–Crippen MR) is 138 cm³/mol. The summed E-state index contributed by atoms with van der Waals surface area (Å²) in [6, 6.07) is 17.5. The highest BCUT2D eigenvalue weighted by atomic mass is 32.2. The fraction of sp³-hybridized carbons (Fsp3) is 0.259. The molecular weight excluding hydrogens is 444 g/mol. The molecule has 34 heavy (non-hydrogen) atoms. The number of aliphatic imine (C=N–C) groups is 1. The summed E-state index contributed by atoms with van der Waals surface area (Å²) in [5.74, 6) is -0.320. The molecule has 1 fully saturated rings. The Morgan fingerprint density at radius 1 is 1.03 bits per heavy atom. The molecule has 0 bridgehead atoms. The molecule has 0 saturated carbocycles. The largest absolute Gasteiger partial charge is 0.326 e. The zero-order chi connectivity index (χ0) is 24.2. The number of hydrogen-bond acceptors (Lipinski definition) is 5. The van der Waals surface area contributed by atoms with Crippen molar-refractivity contribution < 1.29 is 9.59 Å². The number of anilines is 1. The maximum atomic E-state index is 13.4. The van der Waals surface area contributed by atoms with Crippen LogP contribution in [0.4, 0.5) is 11.4 Å². The standard InChI is InChI=1S/C27H28N4O2S/c1-17-8-9-19(3)23(13-17)30-25(32)15-24-26(33)31(16-22-7-5-6-12-28-22)27(34-24)29-21-11-10-18(2)20(4)14-21/h5-14,24H,15-16H2,1-4H3,(H,30,32). The van der Waals surface area contributed by atoms with Gasteiger partial charge in [0.05, 0.1) is 17.9 Å². The zero-order valence-electron chi connectivity index (χ0n) is 19.8. The van der Waals surface area contributed by atoms with Gasteiger partial charge in [-0.25, -0.2) is 4.99 Å². The second-order valence-corrected chi connectivity index (χ2v) is 9.76. The maximum absolute atomic E-state index is 13.4. The van der Waals surface area contributed by atoms with Gasteiger partial charge in [-0.15, -0.1) is 0 Å². The Morgan fingerprint density at radius 3 is 2.56 bits per heavy atom. The Bertz CT molecular complexity index is 1260. The first-order valence-corrected chi connectivity index (χ1v) is 12.1. The van der Waals surface area contributed by atoms with Crippen LogP contribution in [0.5, 0.6) is 0 Å². The van der Waals surface area contributed by atoms with Gasteiger partial charge in [-0.2, -0.15) is 0 Å². The van der Waals surface area contributed by atoms with E-state index in [9.17, 15) is 9.59 Å². The zero-order valence-corrected chi connectivity index (χ0v) is 20.6. The molecule has 1 aliphatic heterocycles. The van der Waals surface area contributed by atoms with E-state index in [4.69, 9.17) is 4.99 Å². The lowest BCUT2D eigenvalue weighted by Crippen LogP contribution is -2.33. The van der Waals surface area contributed by atoms with Gasteiger partial charge >= 0.3 is 0 Å². The predicted octanol–water partition coefficient (Wildman–Crippen LogP) is 5.48. The lowest BCUT2D eigenvalue weighted by Gasteiger charge is -2.16. The van der Waals surface area contributed by atoms with E-state index in [2.05, 4.69) is 17.2 Å². The van der Waals surface area contributed by atoms with Gasteiger partial charge in [0, 0.05) is 18.3 Å². The summed E-state index contributed by atoms with van der Waals surface area (Å²) in [5.41, 5.74) is 6.70. The van der Waals surface area contributed by atoms with Crippen molar-refractivity contribution >= 4 is 40.1 Å². The molecule has 0 spiro atoms. The van der Waals surface area contributed by atoms with Gasteiger partial charge in [0.1, 0.15) is 5.25 Å². The molecule has 0 aliphatic carbocycles. The first kappa shape index (κ1) is 23.7. The highest BCUT2D eigenvalue weighted by molar-refractivity contribution is 8.15. The van der Waals surface area contributed by atoms with Crippen LogP contribution in [0.1, 0.15) is 34.4 Å². The van der Waals surface area contributed by atoms with E-state index in [1.54, 1.807) is 11.1 Å². The van der Waals surface area contributed by atoms with Gasteiger partial charge in [0.25, 0.3) is 0 Å². The van der Waals surface area contributed by atoms with Crippen molar-refractivity contribution in [1.29, 1.82) is 0 Å². The van der Waals surface area contributed by atoms with Crippen LogP contribution >= 0.6 is 11.8 Å². The number of nitrogens with one attached hydrogen (secondary N) is 1. The van der Waals surface area contributed by atoms with Gasteiger partial charge in [0.15, 0.2) is 5.17 Å². The summed E-state index contributed by atoms with van der Waals surface area (Å²) in [4.78, 5) is 37.0. The van der Waals surface area contributed by atoms with E-state index >= 15 is 0 Å². The summed E-state index contributed by atoms with van der Waals surface area (Å²) in [6.07, 6.45) is 1.78. The summed E-state index contributed by atoms with van der Waals surface area (Å²) in [6.45, 7) is 8.34. The number of benzene rings is 2. The molecule has 2 amide bonds. The minimum Gasteiger partial charge on any atom is -0.326 e. The molecule has 2 heterocycles. The third-order valence-electron chi connectivity index (χ3n) is 5.82. The van der Waals surface area contributed by atoms with E-state index in [0.29, 0.717) is 11.7 Å². The van der Waals surface area contributed by atoms with Crippen LogP contribution in [0.2, 0.25) is 0 Å². The van der Waals surface area contributed by atoms with Crippen molar-refractivity contribution in [2.75, 3.05) is 5.32 Å². The first-order chi connectivity index (χ1) is 16.3. The van der Waals surface area contributed by atoms with Crippen LogP contribution in [0.25, 0.3) is 0 Å². The quantitative estimate of drug-likeness (QED) is 0.516. The Hall–Kier alpha value is -3.45. The van der Waals surface area contributed by atoms with E-state index in [1.807, 2.05) is 75.4 Å². The number of carbonyl (C=O) groups is 2. The molecule has 1 unspecified atom stereocenters. The van der Waals surface area contributed by atoms with Crippen LogP contribution in [-0.2, 0) is 16.1 Å². The van der Waals surface area contributed by atoms with E-state index in [0.717, 1.165) is 33.8 Å². The number of carbonyl (C=O) groups excluding carboxylic acids is 2. The molecule has 1 atom stereocenters. The van der Waals surface area contributed by atoms with Crippen LogP contribution < -0.4 is 5.32 Å². The van der Waals surface area contributed by atoms with E-state index in [1.165, 1.54) is 17.3 Å². The number of amidine groups is 1. The number of rotatable bonds is 6. The third-order valence-corrected chi connectivity index (χ3v) is 6.99. The third kappa shape index (κ3) is 5.54. The van der Waals surface area contributed by atoms with Gasteiger partial charge in [0.2, 0.25) is 11.8 Å². The van der Waals surface area contributed by atoms with Gasteiger partial charge < -0.3 is 5.32 Å². The number of amides is 2. The molecule has 1 aliphatic rings. The molecule has 4 rings (SSSR count). The summed E-state index contributed by atoms with van der Waals surface area (Å²) in [7, 11) is 0. The average Bonchev–Trinajstić information content (AvgIpc) is 3.08. The smallest absolute Gasteiger partial charge is 0.243 e. The number of aryl methyl sites for hydroxylation is 4. The molecule has 2 aromatic carbocycles. The molecular formula is C27H28N4O2S. The number of nitrogens with zero attached hydrogens (tertiary/aromatic N) is 3. The normalized spacial score (nSPS) is 16.8.